The highest BCUT2D eigenvalue weighted by atomic mass is 127. The predicted octanol–water partition coefficient (Wildman–Crippen LogP) is 4.63. The minimum absolute atomic E-state index is 0.305. The molecule has 0 saturated carbocycles. The molecule has 1 heterocycles. The number of hydrogen-bond donors (Lipinski definition) is 1. The van der Waals surface area contributed by atoms with Crippen LogP contribution in [0.5, 0.6) is 0 Å². The lowest BCUT2D eigenvalue weighted by Crippen LogP contribution is -2.06. The van der Waals surface area contributed by atoms with Crippen LogP contribution in [-0.4, -0.2) is 0 Å². The molecule has 1 N–H and O–H groups in total. The van der Waals surface area contributed by atoms with E-state index >= 15 is 0 Å². The minimum atomic E-state index is -0.305. The first-order chi connectivity index (χ1) is 10.5. The normalized spacial score (nSPS) is 10.9. The predicted molar refractivity (Wildman–Crippen MR) is 98.4 cm³/mol. The van der Waals surface area contributed by atoms with Crippen LogP contribution in [0.3, 0.4) is 0 Å². The van der Waals surface area contributed by atoms with Gasteiger partial charge < -0.3 is 9.73 Å². The highest BCUT2D eigenvalue weighted by Crippen LogP contribution is 2.24. The van der Waals surface area contributed by atoms with Gasteiger partial charge in [0.2, 0.25) is 0 Å². The van der Waals surface area contributed by atoms with E-state index in [9.17, 15) is 4.79 Å². The van der Waals surface area contributed by atoms with Gasteiger partial charge in [0.25, 0.3) is 0 Å². The van der Waals surface area contributed by atoms with E-state index in [4.69, 9.17) is 4.42 Å². The third-order valence-electron chi connectivity index (χ3n) is 3.84. The van der Waals surface area contributed by atoms with E-state index in [0.29, 0.717) is 12.1 Å². The Hall–Kier alpha value is -1.82. The summed E-state index contributed by atoms with van der Waals surface area (Å²) >= 11 is 2.28. The molecule has 4 heteroatoms. The summed E-state index contributed by atoms with van der Waals surface area (Å²) in [5.74, 6) is 0. The van der Waals surface area contributed by atoms with E-state index < -0.39 is 0 Å². The first kappa shape index (κ1) is 15.1. The largest absolute Gasteiger partial charge is 0.422 e. The number of nitrogens with one attached hydrogen (secondary N) is 1. The van der Waals surface area contributed by atoms with Gasteiger partial charge in [-0.25, -0.2) is 4.79 Å². The molecular formula is C18H16INO2. The molecule has 3 rings (SSSR count). The molecule has 0 spiro atoms. The summed E-state index contributed by atoms with van der Waals surface area (Å²) in [5, 5.41) is 4.34. The van der Waals surface area contributed by atoms with E-state index in [-0.39, 0.29) is 5.63 Å². The van der Waals surface area contributed by atoms with Crippen LogP contribution in [0.4, 0.5) is 5.69 Å². The molecule has 3 nitrogen and oxygen atoms in total. The summed E-state index contributed by atoms with van der Waals surface area (Å²) in [6.07, 6.45) is 0. The fourth-order valence-corrected chi connectivity index (χ4v) is 2.80. The van der Waals surface area contributed by atoms with Crippen LogP contribution >= 0.6 is 22.6 Å². The summed E-state index contributed by atoms with van der Waals surface area (Å²) < 4.78 is 6.59. The molecule has 1 aromatic heterocycles. The molecule has 0 unspecified atom stereocenters. The topological polar surface area (TPSA) is 42.2 Å². The van der Waals surface area contributed by atoms with E-state index in [1.54, 1.807) is 6.07 Å². The van der Waals surface area contributed by atoms with Crippen LogP contribution in [0.25, 0.3) is 11.0 Å². The zero-order valence-electron chi connectivity index (χ0n) is 12.4. The summed E-state index contributed by atoms with van der Waals surface area (Å²) in [6.45, 7) is 4.59. The highest BCUT2D eigenvalue weighted by Gasteiger charge is 2.09. The number of hydrogen-bond acceptors (Lipinski definition) is 3. The number of halogens is 1. The maximum atomic E-state index is 11.8. The lowest BCUT2D eigenvalue weighted by atomic mass is 10.0. The standard InChI is InChI=1S/C18H16INO2/c1-11-3-8-16-13(9-17(21)22-18(16)12(11)2)10-20-15-6-4-14(19)5-7-15/h3-9,20H,10H2,1-2H3. The smallest absolute Gasteiger partial charge is 0.336 e. The Labute approximate surface area is 142 Å². The molecule has 0 aliphatic heterocycles. The fraction of sp³-hybridized carbons (Fsp3) is 0.167. The molecule has 0 aliphatic rings. The molecule has 2 aromatic carbocycles. The van der Waals surface area contributed by atoms with Gasteiger partial charge in [0.15, 0.2) is 0 Å². The summed E-state index contributed by atoms with van der Waals surface area (Å²) in [4.78, 5) is 11.8. The van der Waals surface area contributed by atoms with Crippen molar-refractivity contribution in [3.8, 4) is 0 Å². The second kappa shape index (κ2) is 6.12. The first-order valence-electron chi connectivity index (χ1n) is 7.07. The number of aryl methyl sites for hydroxylation is 2. The van der Waals surface area contributed by atoms with Crippen LogP contribution in [0, 0.1) is 17.4 Å². The highest BCUT2D eigenvalue weighted by molar-refractivity contribution is 14.1. The fourth-order valence-electron chi connectivity index (χ4n) is 2.44. The Morgan fingerprint density at radius 2 is 1.82 bits per heavy atom. The number of fused-ring (bicyclic) bond motifs is 1. The van der Waals surface area contributed by atoms with Crippen molar-refractivity contribution in [2.45, 2.75) is 20.4 Å². The van der Waals surface area contributed by atoms with Gasteiger partial charge in [-0.05, 0) is 77.4 Å². The molecule has 112 valence electrons. The molecule has 0 bridgehead atoms. The maximum absolute atomic E-state index is 11.8. The Morgan fingerprint density at radius 1 is 1.09 bits per heavy atom. The van der Waals surface area contributed by atoms with Crippen LogP contribution in [0.15, 0.2) is 51.7 Å². The lowest BCUT2D eigenvalue weighted by Gasteiger charge is -2.11. The molecule has 0 radical (unpaired) electrons. The van der Waals surface area contributed by atoms with Gasteiger partial charge in [-0.15, -0.1) is 0 Å². The van der Waals surface area contributed by atoms with Crippen molar-refractivity contribution < 1.29 is 4.42 Å². The number of anilines is 1. The van der Waals surface area contributed by atoms with Gasteiger partial charge in [-0.3, -0.25) is 0 Å². The molecule has 0 aliphatic carbocycles. The number of benzene rings is 2. The third-order valence-corrected chi connectivity index (χ3v) is 4.56. The maximum Gasteiger partial charge on any atom is 0.336 e. The van der Waals surface area contributed by atoms with Crippen LogP contribution in [0.2, 0.25) is 0 Å². The van der Waals surface area contributed by atoms with Crippen molar-refractivity contribution in [2.75, 3.05) is 5.32 Å². The van der Waals surface area contributed by atoms with Gasteiger partial charge in [-0.1, -0.05) is 12.1 Å². The molecule has 0 atom stereocenters. The van der Waals surface area contributed by atoms with Crippen LogP contribution in [-0.2, 0) is 6.54 Å². The molecule has 0 amide bonds. The van der Waals surface area contributed by atoms with Gasteiger partial charge in [0.1, 0.15) is 5.58 Å². The van der Waals surface area contributed by atoms with E-state index in [1.807, 2.05) is 44.2 Å². The molecule has 0 saturated heterocycles. The monoisotopic (exact) mass is 405 g/mol. The first-order valence-corrected chi connectivity index (χ1v) is 8.15. The van der Waals surface area contributed by atoms with Crippen molar-refractivity contribution in [2.24, 2.45) is 0 Å². The molecule has 3 aromatic rings. The Kier molecular flexibility index (Phi) is 4.20. The average molecular weight is 405 g/mol. The second-order valence-electron chi connectivity index (χ2n) is 5.34. The van der Waals surface area contributed by atoms with Gasteiger partial charge in [0, 0.05) is 27.3 Å². The summed E-state index contributed by atoms with van der Waals surface area (Å²) in [5.41, 5.74) is 4.51. The zero-order valence-corrected chi connectivity index (χ0v) is 14.6. The minimum Gasteiger partial charge on any atom is -0.422 e. The second-order valence-corrected chi connectivity index (χ2v) is 6.58. The SMILES string of the molecule is Cc1ccc2c(CNc3ccc(I)cc3)cc(=O)oc2c1C. The lowest BCUT2D eigenvalue weighted by molar-refractivity contribution is 0.556. The van der Waals surface area contributed by atoms with Crippen LogP contribution in [0.1, 0.15) is 16.7 Å². The summed E-state index contributed by atoms with van der Waals surface area (Å²) in [6, 6.07) is 13.8. The van der Waals surface area contributed by atoms with Gasteiger partial charge in [-0.2, -0.15) is 0 Å². The van der Waals surface area contributed by atoms with Gasteiger partial charge >= 0.3 is 5.63 Å². The van der Waals surface area contributed by atoms with Crippen molar-refractivity contribution in [1.29, 1.82) is 0 Å². The van der Waals surface area contributed by atoms with Crippen molar-refractivity contribution in [3.05, 3.63) is 73.1 Å². The number of rotatable bonds is 3. The Morgan fingerprint density at radius 3 is 2.55 bits per heavy atom. The Balaban J connectivity index is 1.98. The molecule has 0 fully saturated rings. The Bertz CT molecular complexity index is 882. The van der Waals surface area contributed by atoms with Crippen molar-refractivity contribution in [3.63, 3.8) is 0 Å². The molecule has 22 heavy (non-hydrogen) atoms. The van der Waals surface area contributed by atoms with Crippen molar-refractivity contribution in [1.82, 2.24) is 0 Å². The quantitative estimate of drug-likeness (QED) is 0.511. The van der Waals surface area contributed by atoms with E-state index in [0.717, 1.165) is 27.8 Å². The molecular weight excluding hydrogens is 389 g/mol. The van der Waals surface area contributed by atoms with E-state index in [1.165, 1.54) is 3.57 Å². The van der Waals surface area contributed by atoms with Crippen LogP contribution < -0.4 is 10.9 Å². The van der Waals surface area contributed by atoms with E-state index in [2.05, 4.69) is 34.0 Å². The zero-order chi connectivity index (χ0) is 15.7. The average Bonchev–Trinajstić information content (AvgIpc) is 2.50. The summed E-state index contributed by atoms with van der Waals surface area (Å²) in [7, 11) is 0. The van der Waals surface area contributed by atoms with Crippen molar-refractivity contribution >= 4 is 39.2 Å². The van der Waals surface area contributed by atoms with Gasteiger partial charge in [0.05, 0.1) is 0 Å². The third kappa shape index (κ3) is 3.02.